The van der Waals surface area contributed by atoms with Crippen LogP contribution in [-0.4, -0.2) is 27.3 Å². The van der Waals surface area contributed by atoms with Crippen LogP contribution in [0, 0.1) is 13.8 Å². The highest BCUT2D eigenvalue weighted by molar-refractivity contribution is 5.07. The lowest BCUT2D eigenvalue weighted by molar-refractivity contribution is 0.132. The van der Waals surface area contributed by atoms with E-state index in [1.54, 1.807) is 0 Å². The molecule has 2 rings (SSSR count). The predicted molar refractivity (Wildman–Crippen MR) is 60.2 cm³/mol. The lowest BCUT2D eigenvalue weighted by atomic mass is 9.94. The van der Waals surface area contributed by atoms with Crippen LogP contribution < -0.4 is 10.5 Å². The highest BCUT2D eigenvalue weighted by atomic mass is 16.5. The Morgan fingerprint density at radius 3 is 2.38 bits per heavy atom. The standard InChI is InChI=1S/C11H18N4O/c1-7-8(2)14-15-11(13-7)16-10-5-3-9(12)4-6-10/h9-10H,3-6,12H2,1-2H3. The van der Waals surface area contributed by atoms with Gasteiger partial charge in [0, 0.05) is 6.04 Å². The lowest BCUT2D eigenvalue weighted by Gasteiger charge is -2.25. The molecule has 1 heterocycles. The van der Waals surface area contributed by atoms with Gasteiger partial charge in [-0.3, -0.25) is 0 Å². The molecule has 1 fully saturated rings. The molecule has 1 saturated carbocycles. The molecule has 1 aromatic rings. The van der Waals surface area contributed by atoms with Crippen molar-refractivity contribution in [2.45, 2.75) is 51.7 Å². The fourth-order valence-electron chi connectivity index (χ4n) is 1.84. The minimum atomic E-state index is 0.198. The molecule has 0 unspecified atom stereocenters. The van der Waals surface area contributed by atoms with Crippen molar-refractivity contribution in [3.63, 3.8) is 0 Å². The summed E-state index contributed by atoms with van der Waals surface area (Å²) in [5.41, 5.74) is 7.55. The molecule has 5 nitrogen and oxygen atoms in total. The minimum absolute atomic E-state index is 0.198. The molecule has 1 aliphatic rings. The van der Waals surface area contributed by atoms with Gasteiger partial charge in [0.25, 0.3) is 0 Å². The Morgan fingerprint density at radius 2 is 1.75 bits per heavy atom. The largest absolute Gasteiger partial charge is 0.459 e. The number of hydrogen-bond donors (Lipinski definition) is 1. The van der Waals surface area contributed by atoms with Gasteiger partial charge in [-0.15, -0.1) is 5.10 Å². The highest BCUT2D eigenvalue weighted by Gasteiger charge is 2.20. The summed E-state index contributed by atoms with van der Waals surface area (Å²) in [5, 5.41) is 7.93. The van der Waals surface area contributed by atoms with E-state index < -0.39 is 0 Å². The van der Waals surface area contributed by atoms with Crippen LogP contribution in [0.1, 0.15) is 37.1 Å². The number of aryl methyl sites for hydroxylation is 2. The summed E-state index contributed by atoms with van der Waals surface area (Å²) in [5.74, 6) is 0. The summed E-state index contributed by atoms with van der Waals surface area (Å²) in [6.45, 7) is 3.80. The molecule has 16 heavy (non-hydrogen) atoms. The summed E-state index contributed by atoms with van der Waals surface area (Å²) in [4.78, 5) is 4.26. The second-order valence-corrected chi connectivity index (χ2v) is 4.42. The Morgan fingerprint density at radius 1 is 1.06 bits per heavy atom. The van der Waals surface area contributed by atoms with Crippen molar-refractivity contribution >= 4 is 0 Å². The molecule has 0 aliphatic heterocycles. The molecule has 88 valence electrons. The van der Waals surface area contributed by atoms with E-state index in [0.717, 1.165) is 37.1 Å². The Kier molecular flexibility index (Phi) is 3.33. The number of rotatable bonds is 2. The van der Waals surface area contributed by atoms with Gasteiger partial charge in [-0.25, -0.2) is 0 Å². The van der Waals surface area contributed by atoms with E-state index >= 15 is 0 Å². The average molecular weight is 222 g/mol. The van der Waals surface area contributed by atoms with E-state index in [2.05, 4.69) is 15.2 Å². The summed E-state index contributed by atoms with van der Waals surface area (Å²) < 4.78 is 5.70. The van der Waals surface area contributed by atoms with Crippen molar-refractivity contribution in [3.05, 3.63) is 11.4 Å². The Hall–Kier alpha value is -1.23. The van der Waals surface area contributed by atoms with Gasteiger partial charge < -0.3 is 10.5 Å². The summed E-state index contributed by atoms with van der Waals surface area (Å²) in [6.07, 6.45) is 4.20. The smallest absolute Gasteiger partial charge is 0.336 e. The number of nitrogens with zero attached hydrogens (tertiary/aromatic N) is 3. The first-order valence-electron chi connectivity index (χ1n) is 5.75. The van der Waals surface area contributed by atoms with Gasteiger partial charge >= 0.3 is 6.01 Å². The van der Waals surface area contributed by atoms with Crippen molar-refractivity contribution in [1.29, 1.82) is 0 Å². The molecule has 1 aromatic heterocycles. The number of aromatic nitrogens is 3. The minimum Gasteiger partial charge on any atom is -0.459 e. The molecular formula is C11H18N4O. The molecule has 2 N–H and O–H groups in total. The normalized spacial score (nSPS) is 25.4. The van der Waals surface area contributed by atoms with Crippen molar-refractivity contribution < 1.29 is 4.74 Å². The maximum atomic E-state index is 5.84. The fourth-order valence-corrected chi connectivity index (χ4v) is 1.84. The quantitative estimate of drug-likeness (QED) is 0.812. The van der Waals surface area contributed by atoms with Gasteiger partial charge in [-0.2, -0.15) is 4.98 Å². The van der Waals surface area contributed by atoms with Gasteiger partial charge in [0.05, 0.1) is 11.4 Å². The molecule has 0 bridgehead atoms. The van der Waals surface area contributed by atoms with E-state index in [1.165, 1.54) is 0 Å². The summed E-state index contributed by atoms with van der Waals surface area (Å²) in [7, 11) is 0. The van der Waals surface area contributed by atoms with Crippen molar-refractivity contribution in [1.82, 2.24) is 15.2 Å². The van der Waals surface area contributed by atoms with Crippen LogP contribution in [0.5, 0.6) is 6.01 Å². The van der Waals surface area contributed by atoms with Crippen LogP contribution in [0.3, 0.4) is 0 Å². The second kappa shape index (κ2) is 4.74. The first-order valence-corrected chi connectivity index (χ1v) is 5.75. The molecule has 0 saturated heterocycles. The zero-order valence-electron chi connectivity index (χ0n) is 9.81. The SMILES string of the molecule is Cc1nnc(OC2CCC(N)CC2)nc1C. The molecule has 5 heteroatoms. The number of nitrogens with two attached hydrogens (primary N) is 1. The van der Waals surface area contributed by atoms with Crippen LogP contribution in [0.2, 0.25) is 0 Å². The predicted octanol–water partition coefficient (Wildman–Crippen LogP) is 1.14. The van der Waals surface area contributed by atoms with Crippen LogP contribution in [0.25, 0.3) is 0 Å². The third-order valence-corrected chi connectivity index (χ3v) is 3.06. The van der Waals surface area contributed by atoms with Gasteiger partial charge in [-0.05, 0) is 39.5 Å². The molecule has 0 atom stereocenters. The molecule has 0 aromatic carbocycles. The molecule has 0 radical (unpaired) electrons. The maximum Gasteiger partial charge on any atom is 0.336 e. The van der Waals surface area contributed by atoms with Crippen LogP contribution in [0.4, 0.5) is 0 Å². The summed E-state index contributed by atoms with van der Waals surface area (Å²) in [6, 6.07) is 0.724. The zero-order valence-corrected chi connectivity index (χ0v) is 9.81. The number of hydrogen-bond acceptors (Lipinski definition) is 5. The first-order chi connectivity index (χ1) is 7.65. The van der Waals surface area contributed by atoms with Gasteiger partial charge in [0.15, 0.2) is 0 Å². The van der Waals surface area contributed by atoms with Crippen LogP contribution >= 0.6 is 0 Å². The van der Waals surface area contributed by atoms with Crippen molar-refractivity contribution in [2.75, 3.05) is 0 Å². The second-order valence-electron chi connectivity index (χ2n) is 4.42. The third kappa shape index (κ3) is 2.66. The Bertz CT molecular complexity index is 361. The monoisotopic (exact) mass is 222 g/mol. The fraction of sp³-hybridized carbons (Fsp3) is 0.727. The van der Waals surface area contributed by atoms with E-state index in [1.807, 2.05) is 13.8 Å². The lowest BCUT2D eigenvalue weighted by Crippen LogP contribution is -2.32. The Labute approximate surface area is 95.4 Å². The van der Waals surface area contributed by atoms with Gasteiger partial charge in [0.2, 0.25) is 0 Å². The van der Waals surface area contributed by atoms with E-state index in [-0.39, 0.29) is 6.10 Å². The molecule has 0 spiro atoms. The maximum absolute atomic E-state index is 5.84. The van der Waals surface area contributed by atoms with Gasteiger partial charge in [0.1, 0.15) is 6.10 Å². The average Bonchev–Trinajstić information content (AvgIpc) is 2.27. The molecule has 1 aliphatic carbocycles. The van der Waals surface area contributed by atoms with E-state index in [4.69, 9.17) is 10.5 Å². The van der Waals surface area contributed by atoms with Gasteiger partial charge in [-0.1, -0.05) is 5.10 Å². The summed E-state index contributed by atoms with van der Waals surface area (Å²) >= 11 is 0. The van der Waals surface area contributed by atoms with E-state index in [0.29, 0.717) is 12.1 Å². The number of ether oxygens (including phenoxy) is 1. The van der Waals surface area contributed by atoms with E-state index in [9.17, 15) is 0 Å². The van der Waals surface area contributed by atoms with Crippen LogP contribution in [-0.2, 0) is 0 Å². The van der Waals surface area contributed by atoms with Crippen molar-refractivity contribution in [2.24, 2.45) is 5.73 Å². The molecule has 0 amide bonds. The highest BCUT2D eigenvalue weighted by Crippen LogP contribution is 2.20. The zero-order chi connectivity index (χ0) is 11.5. The molecular weight excluding hydrogens is 204 g/mol. The van der Waals surface area contributed by atoms with Crippen LogP contribution in [0.15, 0.2) is 0 Å². The third-order valence-electron chi connectivity index (χ3n) is 3.06. The topological polar surface area (TPSA) is 73.9 Å². The van der Waals surface area contributed by atoms with Crippen molar-refractivity contribution in [3.8, 4) is 6.01 Å². The Balaban J connectivity index is 1.96. The first kappa shape index (κ1) is 11.3.